The Morgan fingerprint density at radius 3 is 2.81 bits per heavy atom. The minimum atomic E-state index is -0.923. The summed E-state index contributed by atoms with van der Waals surface area (Å²) in [6.07, 6.45) is 7.12. The van der Waals surface area contributed by atoms with Crippen LogP contribution in [0.5, 0.6) is 0 Å². The Morgan fingerprint density at radius 1 is 1.50 bits per heavy atom. The molecule has 1 aliphatic carbocycles. The van der Waals surface area contributed by atoms with Gasteiger partial charge in [0.05, 0.1) is 11.3 Å². The predicted octanol–water partition coefficient (Wildman–Crippen LogP) is 2.22. The molecule has 0 aliphatic heterocycles. The van der Waals surface area contributed by atoms with Crippen molar-refractivity contribution in [3.63, 3.8) is 0 Å². The van der Waals surface area contributed by atoms with Gasteiger partial charge in [-0.1, -0.05) is 25.7 Å². The number of hydrogen-bond donors (Lipinski definition) is 1. The van der Waals surface area contributed by atoms with E-state index in [9.17, 15) is 4.79 Å². The Kier molecular flexibility index (Phi) is 3.17. The van der Waals surface area contributed by atoms with Gasteiger partial charge in [0, 0.05) is 6.20 Å². The van der Waals surface area contributed by atoms with Gasteiger partial charge in [0.1, 0.15) is 5.82 Å². The first kappa shape index (κ1) is 11.0. The smallest absolute Gasteiger partial charge is 0.339 e. The maximum absolute atomic E-state index is 11.0. The summed E-state index contributed by atoms with van der Waals surface area (Å²) in [5.74, 6) is 0.332. The molecule has 4 nitrogen and oxygen atoms in total. The molecular weight excluding hydrogens is 204 g/mol. The van der Waals surface area contributed by atoms with Crippen molar-refractivity contribution in [1.29, 1.82) is 0 Å². The van der Waals surface area contributed by atoms with Gasteiger partial charge in [-0.3, -0.25) is 0 Å². The summed E-state index contributed by atoms with van der Waals surface area (Å²) in [7, 11) is 0. The van der Waals surface area contributed by atoms with Gasteiger partial charge >= 0.3 is 5.97 Å². The first-order chi connectivity index (χ1) is 7.66. The standard InChI is InChI=1S/C12H16N2O2/c1-8-13-7-10(12(15)16)11(14-8)6-9-4-2-3-5-9/h7,9H,2-6H2,1H3,(H,15,16). The number of aromatic nitrogens is 2. The van der Waals surface area contributed by atoms with Crippen molar-refractivity contribution in [2.24, 2.45) is 5.92 Å². The van der Waals surface area contributed by atoms with E-state index >= 15 is 0 Å². The lowest BCUT2D eigenvalue weighted by molar-refractivity contribution is 0.0694. The third-order valence-electron chi connectivity index (χ3n) is 3.18. The van der Waals surface area contributed by atoms with Gasteiger partial charge in [-0.15, -0.1) is 0 Å². The first-order valence-electron chi connectivity index (χ1n) is 5.72. The van der Waals surface area contributed by atoms with Crippen LogP contribution >= 0.6 is 0 Å². The van der Waals surface area contributed by atoms with Gasteiger partial charge in [0.25, 0.3) is 0 Å². The third-order valence-corrected chi connectivity index (χ3v) is 3.18. The van der Waals surface area contributed by atoms with Gasteiger partial charge in [-0.2, -0.15) is 0 Å². The number of carbonyl (C=O) groups is 1. The fraction of sp³-hybridized carbons (Fsp3) is 0.583. The number of aryl methyl sites for hydroxylation is 1. The molecule has 1 N–H and O–H groups in total. The van der Waals surface area contributed by atoms with Crippen LogP contribution in [-0.2, 0) is 6.42 Å². The lowest BCUT2D eigenvalue weighted by atomic mass is 9.99. The number of carboxylic acids is 1. The maximum atomic E-state index is 11.0. The summed E-state index contributed by atoms with van der Waals surface area (Å²) in [5, 5.41) is 9.05. The van der Waals surface area contributed by atoms with E-state index in [0.29, 0.717) is 17.4 Å². The Hall–Kier alpha value is -1.45. The zero-order valence-electron chi connectivity index (χ0n) is 9.44. The molecule has 1 aliphatic rings. The Balaban J connectivity index is 2.22. The van der Waals surface area contributed by atoms with E-state index in [0.717, 1.165) is 6.42 Å². The largest absolute Gasteiger partial charge is 0.478 e. The normalized spacial score (nSPS) is 16.6. The highest BCUT2D eigenvalue weighted by molar-refractivity contribution is 5.88. The molecule has 0 spiro atoms. The molecule has 16 heavy (non-hydrogen) atoms. The molecule has 0 atom stereocenters. The highest BCUT2D eigenvalue weighted by atomic mass is 16.4. The molecule has 0 bridgehead atoms. The molecule has 1 saturated carbocycles. The highest BCUT2D eigenvalue weighted by Crippen LogP contribution is 2.28. The average molecular weight is 220 g/mol. The lowest BCUT2D eigenvalue weighted by Crippen LogP contribution is -2.11. The molecule has 0 aromatic carbocycles. The highest BCUT2D eigenvalue weighted by Gasteiger charge is 2.20. The van der Waals surface area contributed by atoms with E-state index in [1.54, 1.807) is 6.92 Å². The van der Waals surface area contributed by atoms with Crippen LogP contribution in [0.3, 0.4) is 0 Å². The van der Waals surface area contributed by atoms with E-state index in [1.807, 2.05) is 0 Å². The summed E-state index contributed by atoms with van der Waals surface area (Å²) < 4.78 is 0. The summed E-state index contributed by atoms with van der Waals surface area (Å²) in [6, 6.07) is 0. The molecule has 4 heteroatoms. The maximum Gasteiger partial charge on any atom is 0.339 e. The van der Waals surface area contributed by atoms with Crippen molar-refractivity contribution in [3.05, 3.63) is 23.3 Å². The van der Waals surface area contributed by atoms with E-state index in [1.165, 1.54) is 31.9 Å². The van der Waals surface area contributed by atoms with Crippen molar-refractivity contribution in [1.82, 2.24) is 9.97 Å². The van der Waals surface area contributed by atoms with Crippen molar-refractivity contribution in [3.8, 4) is 0 Å². The van der Waals surface area contributed by atoms with Crippen molar-refractivity contribution in [2.75, 3.05) is 0 Å². The second kappa shape index (κ2) is 4.60. The van der Waals surface area contributed by atoms with Crippen LogP contribution in [0.4, 0.5) is 0 Å². The number of rotatable bonds is 3. The van der Waals surface area contributed by atoms with Crippen LogP contribution in [0.1, 0.15) is 47.6 Å². The number of aromatic carboxylic acids is 1. The van der Waals surface area contributed by atoms with Gasteiger partial charge in [0.15, 0.2) is 0 Å². The zero-order chi connectivity index (χ0) is 11.5. The van der Waals surface area contributed by atoms with Crippen molar-refractivity contribution >= 4 is 5.97 Å². The average Bonchev–Trinajstić information content (AvgIpc) is 2.70. The molecule has 0 amide bonds. The minimum Gasteiger partial charge on any atom is -0.478 e. The lowest BCUT2D eigenvalue weighted by Gasteiger charge is -2.10. The van der Waals surface area contributed by atoms with Gasteiger partial charge < -0.3 is 5.11 Å². The number of carboxylic acid groups (broad SMARTS) is 1. The Morgan fingerprint density at radius 2 is 2.19 bits per heavy atom. The van der Waals surface area contributed by atoms with E-state index in [-0.39, 0.29) is 5.56 Å². The fourth-order valence-corrected chi connectivity index (χ4v) is 2.34. The van der Waals surface area contributed by atoms with Gasteiger partial charge in [-0.05, 0) is 19.3 Å². The summed E-state index contributed by atoms with van der Waals surface area (Å²) >= 11 is 0. The molecule has 1 aromatic heterocycles. The second-order valence-corrected chi connectivity index (χ2v) is 4.44. The topological polar surface area (TPSA) is 63.1 Å². The molecule has 0 unspecified atom stereocenters. The molecule has 1 aromatic rings. The monoisotopic (exact) mass is 220 g/mol. The predicted molar refractivity (Wildman–Crippen MR) is 59.4 cm³/mol. The minimum absolute atomic E-state index is 0.262. The molecule has 2 rings (SSSR count). The molecule has 1 fully saturated rings. The van der Waals surface area contributed by atoms with Crippen LogP contribution in [-0.4, -0.2) is 21.0 Å². The molecule has 0 radical (unpaired) electrons. The van der Waals surface area contributed by atoms with Crippen LogP contribution in [0, 0.1) is 12.8 Å². The Labute approximate surface area is 94.7 Å². The van der Waals surface area contributed by atoms with E-state index in [4.69, 9.17) is 5.11 Å². The fourth-order valence-electron chi connectivity index (χ4n) is 2.34. The second-order valence-electron chi connectivity index (χ2n) is 4.44. The van der Waals surface area contributed by atoms with Gasteiger partial charge in [-0.25, -0.2) is 14.8 Å². The molecule has 1 heterocycles. The van der Waals surface area contributed by atoms with E-state index in [2.05, 4.69) is 9.97 Å². The van der Waals surface area contributed by atoms with Crippen LogP contribution < -0.4 is 0 Å². The van der Waals surface area contributed by atoms with E-state index < -0.39 is 5.97 Å². The quantitative estimate of drug-likeness (QED) is 0.848. The first-order valence-corrected chi connectivity index (χ1v) is 5.72. The van der Waals surface area contributed by atoms with Crippen LogP contribution in [0.2, 0.25) is 0 Å². The van der Waals surface area contributed by atoms with Crippen molar-refractivity contribution < 1.29 is 9.90 Å². The van der Waals surface area contributed by atoms with Crippen molar-refractivity contribution in [2.45, 2.75) is 39.0 Å². The summed E-state index contributed by atoms with van der Waals surface area (Å²) in [5.41, 5.74) is 0.962. The molecule has 0 saturated heterocycles. The molecular formula is C12H16N2O2. The summed E-state index contributed by atoms with van der Waals surface area (Å²) in [6.45, 7) is 1.80. The SMILES string of the molecule is Cc1ncc(C(=O)O)c(CC2CCCC2)n1. The molecule has 86 valence electrons. The third kappa shape index (κ3) is 2.38. The van der Waals surface area contributed by atoms with Crippen LogP contribution in [0.25, 0.3) is 0 Å². The number of hydrogen-bond acceptors (Lipinski definition) is 3. The van der Waals surface area contributed by atoms with Crippen LogP contribution in [0.15, 0.2) is 6.20 Å². The summed E-state index contributed by atoms with van der Waals surface area (Å²) in [4.78, 5) is 19.2. The van der Waals surface area contributed by atoms with Gasteiger partial charge in [0.2, 0.25) is 0 Å². The zero-order valence-corrected chi connectivity index (χ0v) is 9.44. The number of nitrogens with zero attached hydrogens (tertiary/aromatic N) is 2. The Bertz CT molecular complexity index is 398.